The molecule has 0 bridgehead atoms. The van der Waals surface area contributed by atoms with E-state index in [4.69, 9.17) is 5.73 Å². The molecule has 1 amide bonds. The number of carbonyl (C=O) groups is 1. The summed E-state index contributed by atoms with van der Waals surface area (Å²) in [4.78, 5) is 16.2. The second-order valence-electron chi connectivity index (χ2n) is 5.28. The Morgan fingerprint density at radius 1 is 1.67 bits per heavy atom. The third kappa shape index (κ3) is 2.70. The molecule has 1 aliphatic carbocycles. The summed E-state index contributed by atoms with van der Waals surface area (Å²) in [6.07, 6.45) is 7.29. The second-order valence-corrected chi connectivity index (χ2v) is 5.28. The van der Waals surface area contributed by atoms with Crippen LogP contribution in [0.2, 0.25) is 0 Å². The van der Waals surface area contributed by atoms with E-state index in [1.807, 2.05) is 25.3 Å². The number of nitrogens with two attached hydrogens (primary N) is 1. The van der Waals surface area contributed by atoms with Crippen LogP contribution in [-0.4, -0.2) is 23.5 Å². The molecule has 4 nitrogen and oxygen atoms in total. The first-order valence-corrected chi connectivity index (χ1v) is 6.56. The molecule has 0 aliphatic heterocycles. The Hall–Kier alpha value is -1.42. The third-order valence-corrected chi connectivity index (χ3v) is 3.97. The van der Waals surface area contributed by atoms with Crippen molar-refractivity contribution in [1.29, 1.82) is 0 Å². The fourth-order valence-electron chi connectivity index (χ4n) is 2.54. The highest BCUT2D eigenvalue weighted by Crippen LogP contribution is 2.36. The van der Waals surface area contributed by atoms with Crippen LogP contribution in [0.5, 0.6) is 0 Å². The Bertz CT molecular complexity index is 407. The first-order chi connectivity index (χ1) is 8.63. The molecule has 1 aliphatic rings. The van der Waals surface area contributed by atoms with Gasteiger partial charge in [-0.2, -0.15) is 0 Å². The zero-order valence-corrected chi connectivity index (χ0v) is 10.9. The second kappa shape index (κ2) is 5.48. The Labute approximate surface area is 108 Å². The molecule has 2 unspecified atom stereocenters. The number of amides is 1. The van der Waals surface area contributed by atoms with Gasteiger partial charge in [-0.25, -0.2) is 0 Å². The molecule has 1 aromatic rings. The van der Waals surface area contributed by atoms with Crippen molar-refractivity contribution in [3.63, 3.8) is 0 Å². The van der Waals surface area contributed by atoms with E-state index >= 15 is 0 Å². The van der Waals surface area contributed by atoms with Crippen molar-refractivity contribution in [3.8, 4) is 0 Å². The monoisotopic (exact) mass is 247 g/mol. The van der Waals surface area contributed by atoms with Crippen molar-refractivity contribution in [2.75, 3.05) is 6.54 Å². The van der Waals surface area contributed by atoms with Gasteiger partial charge in [0.15, 0.2) is 0 Å². The first-order valence-electron chi connectivity index (χ1n) is 6.56. The molecule has 1 heterocycles. The smallest absolute Gasteiger partial charge is 0.227 e. The number of carbonyl (C=O) groups excluding carboxylic acids is 1. The summed E-state index contributed by atoms with van der Waals surface area (Å²) in [6.45, 7) is 2.62. The lowest BCUT2D eigenvalue weighted by Gasteiger charge is -2.27. The number of hydrogen-bond donors (Lipinski definition) is 2. The summed E-state index contributed by atoms with van der Waals surface area (Å²) < 4.78 is 0. The van der Waals surface area contributed by atoms with Gasteiger partial charge in [-0.05, 0) is 37.8 Å². The predicted octanol–water partition coefficient (Wildman–Crippen LogP) is 1.26. The fourth-order valence-corrected chi connectivity index (χ4v) is 2.54. The average molecular weight is 247 g/mol. The van der Waals surface area contributed by atoms with Crippen LogP contribution in [0.15, 0.2) is 24.5 Å². The molecule has 2 rings (SSSR count). The lowest BCUT2D eigenvalue weighted by molar-refractivity contribution is -0.130. The van der Waals surface area contributed by atoms with E-state index in [0.717, 1.165) is 31.2 Å². The van der Waals surface area contributed by atoms with E-state index in [1.54, 1.807) is 6.20 Å². The van der Waals surface area contributed by atoms with E-state index in [-0.39, 0.29) is 17.4 Å². The van der Waals surface area contributed by atoms with Crippen molar-refractivity contribution >= 4 is 5.91 Å². The van der Waals surface area contributed by atoms with Crippen molar-refractivity contribution in [2.24, 2.45) is 11.1 Å². The molecule has 0 aromatic carbocycles. The maximum absolute atomic E-state index is 12.2. The topological polar surface area (TPSA) is 68.0 Å². The number of aromatic nitrogens is 1. The highest BCUT2D eigenvalue weighted by Gasteiger charge is 2.42. The van der Waals surface area contributed by atoms with E-state index in [9.17, 15) is 4.79 Å². The number of pyridine rings is 1. The Balaban J connectivity index is 1.82. The first kappa shape index (κ1) is 13.0. The Morgan fingerprint density at radius 3 is 3.11 bits per heavy atom. The minimum absolute atomic E-state index is 0.00380. The van der Waals surface area contributed by atoms with Gasteiger partial charge < -0.3 is 11.1 Å². The Morgan fingerprint density at radius 2 is 2.50 bits per heavy atom. The third-order valence-electron chi connectivity index (χ3n) is 3.97. The summed E-state index contributed by atoms with van der Waals surface area (Å²) >= 11 is 0. The molecule has 18 heavy (non-hydrogen) atoms. The fraction of sp³-hybridized carbons (Fsp3) is 0.571. The number of rotatable bonds is 4. The average Bonchev–Trinajstić information content (AvgIpc) is 2.72. The standard InChI is InChI=1S/C14H21N3O/c1-14(7-2-5-12(14)15)13(18)17-9-6-11-4-3-8-16-10-11/h3-4,8,10,12H,2,5-7,9,15H2,1H3,(H,17,18). The molecule has 4 heteroatoms. The minimum Gasteiger partial charge on any atom is -0.355 e. The summed E-state index contributed by atoms with van der Waals surface area (Å²) in [7, 11) is 0. The van der Waals surface area contributed by atoms with E-state index in [2.05, 4.69) is 10.3 Å². The van der Waals surface area contributed by atoms with Crippen LogP contribution >= 0.6 is 0 Å². The number of hydrogen-bond acceptors (Lipinski definition) is 3. The van der Waals surface area contributed by atoms with Gasteiger partial charge in [0.1, 0.15) is 0 Å². The minimum atomic E-state index is -0.380. The highest BCUT2D eigenvalue weighted by molar-refractivity contribution is 5.83. The summed E-state index contributed by atoms with van der Waals surface area (Å²) in [5.74, 6) is 0.0939. The summed E-state index contributed by atoms with van der Waals surface area (Å²) in [6, 6.07) is 3.92. The Kier molecular flexibility index (Phi) is 3.97. The molecule has 1 saturated carbocycles. The molecule has 98 valence electrons. The van der Waals surface area contributed by atoms with E-state index in [0.29, 0.717) is 6.54 Å². The van der Waals surface area contributed by atoms with Crippen LogP contribution in [0, 0.1) is 5.41 Å². The van der Waals surface area contributed by atoms with Crippen LogP contribution in [0.25, 0.3) is 0 Å². The van der Waals surface area contributed by atoms with Crippen LogP contribution < -0.4 is 11.1 Å². The van der Waals surface area contributed by atoms with Crippen molar-refractivity contribution in [3.05, 3.63) is 30.1 Å². The molecular formula is C14H21N3O. The molecule has 1 aromatic heterocycles. The van der Waals surface area contributed by atoms with Crippen LogP contribution in [0.4, 0.5) is 0 Å². The van der Waals surface area contributed by atoms with Gasteiger partial charge in [-0.3, -0.25) is 9.78 Å². The quantitative estimate of drug-likeness (QED) is 0.841. The van der Waals surface area contributed by atoms with Gasteiger partial charge >= 0.3 is 0 Å². The number of nitrogens with zero attached hydrogens (tertiary/aromatic N) is 1. The molecule has 3 N–H and O–H groups in total. The SMILES string of the molecule is CC1(C(=O)NCCc2cccnc2)CCCC1N. The maximum atomic E-state index is 12.2. The maximum Gasteiger partial charge on any atom is 0.227 e. The predicted molar refractivity (Wildman–Crippen MR) is 70.9 cm³/mol. The normalized spacial score (nSPS) is 27.1. The van der Waals surface area contributed by atoms with E-state index in [1.165, 1.54) is 0 Å². The molecular weight excluding hydrogens is 226 g/mol. The molecule has 0 spiro atoms. The lowest BCUT2D eigenvalue weighted by atomic mass is 9.84. The van der Waals surface area contributed by atoms with Crippen molar-refractivity contribution in [1.82, 2.24) is 10.3 Å². The van der Waals surface area contributed by atoms with Crippen molar-refractivity contribution < 1.29 is 4.79 Å². The van der Waals surface area contributed by atoms with E-state index < -0.39 is 0 Å². The molecule has 0 radical (unpaired) electrons. The summed E-state index contributed by atoms with van der Waals surface area (Å²) in [5.41, 5.74) is 6.78. The largest absolute Gasteiger partial charge is 0.355 e. The van der Waals surface area contributed by atoms with Gasteiger partial charge in [0, 0.05) is 25.0 Å². The van der Waals surface area contributed by atoms with Crippen LogP contribution in [-0.2, 0) is 11.2 Å². The van der Waals surface area contributed by atoms with Gasteiger partial charge in [0.25, 0.3) is 0 Å². The van der Waals surface area contributed by atoms with Gasteiger partial charge in [-0.1, -0.05) is 12.5 Å². The molecule has 1 fully saturated rings. The van der Waals surface area contributed by atoms with Gasteiger partial charge in [-0.15, -0.1) is 0 Å². The highest BCUT2D eigenvalue weighted by atomic mass is 16.2. The molecule has 2 atom stereocenters. The van der Waals surface area contributed by atoms with Gasteiger partial charge in [0.05, 0.1) is 5.41 Å². The zero-order valence-electron chi connectivity index (χ0n) is 10.9. The van der Waals surface area contributed by atoms with Crippen LogP contribution in [0.3, 0.4) is 0 Å². The van der Waals surface area contributed by atoms with Crippen LogP contribution in [0.1, 0.15) is 31.7 Å². The summed E-state index contributed by atoms with van der Waals surface area (Å²) in [5, 5.41) is 3.00. The van der Waals surface area contributed by atoms with Crippen molar-refractivity contribution in [2.45, 2.75) is 38.6 Å². The zero-order chi connectivity index (χ0) is 13.0. The van der Waals surface area contributed by atoms with Gasteiger partial charge in [0.2, 0.25) is 5.91 Å². The molecule has 0 saturated heterocycles. The number of nitrogens with one attached hydrogen (secondary N) is 1. The lowest BCUT2D eigenvalue weighted by Crippen LogP contribution is -2.47.